The maximum atomic E-state index is 10.6. The first kappa shape index (κ1) is 9.19. The molecule has 12 heavy (non-hydrogen) atoms. The van der Waals surface area contributed by atoms with Gasteiger partial charge in [0.2, 0.25) is 5.88 Å². The third-order valence-corrected chi connectivity index (χ3v) is 2.19. The molecular weight excluding hydrogens is 222 g/mol. The smallest absolute Gasteiger partial charge is 0.309 e. The molecule has 4 heteroatoms. The average Bonchev–Trinajstić information content (AvgIpc) is 1.98. The van der Waals surface area contributed by atoms with Crippen LogP contribution in [-0.4, -0.2) is 11.0 Å². The molecule has 1 rings (SSSR count). The predicted molar refractivity (Wildman–Crippen MR) is 48.0 cm³/mol. The van der Waals surface area contributed by atoms with Gasteiger partial charge >= 0.3 is 5.97 Å². The van der Waals surface area contributed by atoms with E-state index in [9.17, 15) is 4.79 Å². The van der Waals surface area contributed by atoms with E-state index >= 15 is 0 Å². The zero-order valence-corrected chi connectivity index (χ0v) is 8.38. The van der Waals surface area contributed by atoms with Crippen LogP contribution in [0.1, 0.15) is 12.5 Å². The summed E-state index contributed by atoms with van der Waals surface area (Å²) in [5.74, 6) is 0.000532. The summed E-state index contributed by atoms with van der Waals surface area (Å²) in [6, 6.07) is 1.79. The second-order valence-electron chi connectivity index (χ2n) is 2.32. The van der Waals surface area contributed by atoms with Crippen LogP contribution in [0.15, 0.2) is 16.7 Å². The lowest BCUT2D eigenvalue weighted by Gasteiger charge is -2.04. The summed E-state index contributed by atoms with van der Waals surface area (Å²) in [4.78, 5) is 14.5. The number of pyridine rings is 1. The van der Waals surface area contributed by atoms with Gasteiger partial charge in [-0.3, -0.25) is 4.79 Å². The number of rotatable bonds is 1. The molecule has 0 aliphatic heterocycles. The fraction of sp³-hybridized carbons (Fsp3) is 0.250. The molecule has 1 heterocycles. The van der Waals surface area contributed by atoms with E-state index in [1.54, 1.807) is 12.3 Å². The first-order valence-corrected chi connectivity index (χ1v) is 4.20. The van der Waals surface area contributed by atoms with E-state index in [1.165, 1.54) is 6.92 Å². The Morgan fingerprint density at radius 2 is 2.33 bits per heavy atom. The molecule has 1 aromatic rings. The van der Waals surface area contributed by atoms with Crippen LogP contribution >= 0.6 is 15.9 Å². The second-order valence-corrected chi connectivity index (χ2v) is 3.17. The Kier molecular flexibility index (Phi) is 2.81. The molecule has 0 amide bonds. The number of aromatic nitrogens is 1. The summed E-state index contributed by atoms with van der Waals surface area (Å²) in [7, 11) is 0. The highest BCUT2D eigenvalue weighted by Crippen LogP contribution is 2.22. The normalized spacial score (nSPS) is 9.58. The van der Waals surface area contributed by atoms with Crippen molar-refractivity contribution < 1.29 is 9.53 Å². The van der Waals surface area contributed by atoms with Crippen molar-refractivity contribution in [3.8, 4) is 5.88 Å². The van der Waals surface area contributed by atoms with E-state index < -0.39 is 0 Å². The maximum absolute atomic E-state index is 10.6. The molecule has 64 valence electrons. The van der Waals surface area contributed by atoms with Crippen molar-refractivity contribution in [3.63, 3.8) is 0 Å². The van der Waals surface area contributed by atoms with Crippen molar-refractivity contribution in [1.29, 1.82) is 0 Å². The molecule has 0 aliphatic carbocycles. The maximum Gasteiger partial charge on any atom is 0.309 e. The van der Waals surface area contributed by atoms with Gasteiger partial charge in [0, 0.05) is 23.2 Å². The van der Waals surface area contributed by atoms with Crippen molar-refractivity contribution in [3.05, 3.63) is 22.3 Å². The Balaban J connectivity index is 3.00. The van der Waals surface area contributed by atoms with Gasteiger partial charge in [-0.05, 0) is 13.0 Å². The Morgan fingerprint density at radius 3 is 2.92 bits per heavy atom. The number of halogens is 1. The summed E-state index contributed by atoms with van der Waals surface area (Å²) in [6.45, 7) is 3.18. The molecule has 1 aromatic heterocycles. The number of nitrogens with zero attached hydrogens (tertiary/aromatic N) is 1. The van der Waals surface area contributed by atoms with Gasteiger partial charge in [-0.2, -0.15) is 0 Å². The fourth-order valence-electron chi connectivity index (χ4n) is 0.733. The minimum atomic E-state index is -0.358. The van der Waals surface area contributed by atoms with Gasteiger partial charge in [-0.15, -0.1) is 0 Å². The molecule has 0 unspecified atom stereocenters. The van der Waals surface area contributed by atoms with Crippen LogP contribution in [0, 0.1) is 6.92 Å². The largest absolute Gasteiger partial charge is 0.407 e. The Bertz CT molecular complexity index is 312. The summed E-state index contributed by atoms with van der Waals surface area (Å²) < 4.78 is 5.73. The number of carbonyl (C=O) groups is 1. The summed E-state index contributed by atoms with van der Waals surface area (Å²) >= 11 is 3.30. The topological polar surface area (TPSA) is 39.2 Å². The highest BCUT2D eigenvalue weighted by Gasteiger charge is 2.05. The molecule has 3 nitrogen and oxygen atoms in total. The third-order valence-electron chi connectivity index (χ3n) is 1.33. The highest BCUT2D eigenvalue weighted by molar-refractivity contribution is 9.10. The third kappa shape index (κ3) is 2.04. The van der Waals surface area contributed by atoms with Crippen LogP contribution in [0.3, 0.4) is 0 Å². The first-order valence-electron chi connectivity index (χ1n) is 3.41. The van der Waals surface area contributed by atoms with E-state index in [2.05, 4.69) is 20.9 Å². The summed E-state index contributed by atoms with van der Waals surface area (Å²) in [5.41, 5.74) is 0.827. The Labute approximate surface area is 78.9 Å². The van der Waals surface area contributed by atoms with Crippen molar-refractivity contribution in [2.75, 3.05) is 0 Å². The molecule has 0 aliphatic rings. The van der Waals surface area contributed by atoms with E-state index in [0.29, 0.717) is 5.88 Å². The van der Waals surface area contributed by atoms with Crippen LogP contribution in [0.2, 0.25) is 0 Å². The minimum absolute atomic E-state index is 0.358. The molecule has 0 fully saturated rings. The summed E-state index contributed by atoms with van der Waals surface area (Å²) in [6.07, 6.45) is 1.58. The molecule has 0 bridgehead atoms. The highest BCUT2D eigenvalue weighted by atomic mass is 79.9. The van der Waals surface area contributed by atoms with Crippen molar-refractivity contribution in [1.82, 2.24) is 4.98 Å². The number of carbonyl (C=O) groups excluding carboxylic acids is 1. The molecule has 0 spiro atoms. The first-order chi connectivity index (χ1) is 5.61. The predicted octanol–water partition coefficient (Wildman–Crippen LogP) is 2.08. The van der Waals surface area contributed by atoms with E-state index in [4.69, 9.17) is 4.74 Å². The van der Waals surface area contributed by atoms with Gasteiger partial charge in [0.05, 0.1) is 0 Å². The zero-order chi connectivity index (χ0) is 9.14. The van der Waals surface area contributed by atoms with Crippen LogP contribution in [0.25, 0.3) is 0 Å². The van der Waals surface area contributed by atoms with Gasteiger partial charge in [-0.1, -0.05) is 15.9 Å². The van der Waals surface area contributed by atoms with Crippen LogP contribution in [0.5, 0.6) is 5.88 Å². The molecule has 0 radical (unpaired) electrons. The van der Waals surface area contributed by atoms with E-state index in [1.807, 2.05) is 6.92 Å². The standard InChI is InChI=1S/C8H8BrNO2/c1-5-7(9)3-4-10-8(5)12-6(2)11/h3-4H,1-2H3. The minimum Gasteiger partial charge on any atom is -0.407 e. The summed E-state index contributed by atoms with van der Waals surface area (Å²) in [5, 5.41) is 0. The average molecular weight is 230 g/mol. The molecule has 0 aromatic carbocycles. The van der Waals surface area contributed by atoms with Gasteiger partial charge < -0.3 is 4.74 Å². The Morgan fingerprint density at radius 1 is 1.67 bits per heavy atom. The quantitative estimate of drug-likeness (QED) is 0.693. The number of esters is 1. The van der Waals surface area contributed by atoms with Gasteiger partial charge in [0.25, 0.3) is 0 Å². The molecule has 0 saturated heterocycles. The SMILES string of the molecule is CC(=O)Oc1nccc(Br)c1C. The molecule has 0 saturated carbocycles. The Hall–Kier alpha value is -0.900. The molecular formula is C8H8BrNO2. The lowest BCUT2D eigenvalue weighted by molar-refractivity contribution is -0.132. The van der Waals surface area contributed by atoms with Crippen molar-refractivity contribution >= 4 is 21.9 Å². The van der Waals surface area contributed by atoms with Crippen LogP contribution in [0.4, 0.5) is 0 Å². The number of ether oxygens (including phenoxy) is 1. The zero-order valence-electron chi connectivity index (χ0n) is 6.80. The molecule has 0 atom stereocenters. The van der Waals surface area contributed by atoms with Crippen molar-refractivity contribution in [2.24, 2.45) is 0 Å². The second kappa shape index (κ2) is 3.67. The van der Waals surface area contributed by atoms with Gasteiger partial charge in [-0.25, -0.2) is 4.98 Å². The van der Waals surface area contributed by atoms with Gasteiger partial charge in [0.1, 0.15) is 0 Å². The lowest BCUT2D eigenvalue weighted by atomic mass is 10.3. The number of hydrogen-bond donors (Lipinski definition) is 0. The number of hydrogen-bond acceptors (Lipinski definition) is 3. The van der Waals surface area contributed by atoms with Crippen molar-refractivity contribution in [2.45, 2.75) is 13.8 Å². The van der Waals surface area contributed by atoms with Crippen LogP contribution in [-0.2, 0) is 4.79 Å². The fourth-order valence-corrected chi connectivity index (χ4v) is 1.02. The van der Waals surface area contributed by atoms with E-state index in [-0.39, 0.29) is 5.97 Å². The molecule has 0 N–H and O–H groups in total. The van der Waals surface area contributed by atoms with E-state index in [0.717, 1.165) is 10.0 Å². The lowest BCUT2D eigenvalue weighted by Crippen LogP contribution is -2.04. The van der Waals surface area contributed by atoms with Crippen LogP contribution < -0.4 is 4.74 Å². The monoisotopic (exact) mass is 229 g/mol. The van der Waals surface area contributed by atoms with Gasteiger partial charge in [0.15, 0.2) is 0 Å².